The Labute approximate surface area is 121 Å². The van der Waals surface area contributed by atoms with Crippen LogP contribution in [0.25, 0.3) is 0 Å². The molecule has 0 heterocycles. The normalized spacial score (nSPS) is 14.8. The average Bonchev–Trinajstić information content (AvgIpc) is 2.40. The quantitative estimate of drug-likeness (QED) is 0.796. The predicted octanol–water partition coefficient (Wildman–Crippen LogP) is 2.96. The van der Waals surface area contributed by atoms with E-state index in [0.29, 0.717) is 12.2 Å². The molecule has 0 saturated heterocycles. The van der Waals surface area contributed by atoms with E-state index in [0.717, 1.165) is 13.0 Å². The fourth-order valence-electron chi connectivity index (χ4n) is 2.30. The van der Waals surface area contributed by atoms with Crippen LogP contribution in [0.4, 0.5) is 4.39 Å². The van der Waals surface area contributed by atoms with Gasteiger partial charge in [-0.15, -0.1) is 0 Å². The van der Waals surface area contributed by atoms with Crippen molar-refractivity contribution < 1.29 is 9.13 Å². The van der Waals surface area contributed by atoms with Crippen LogP contribution in [0.3, 0.4) is 0 Å². The van der Waals surface area contributed by atoms with E-state index in [9.17, 15) is 4.39 Å². The smallest absolute Gasteiger partial charge is 0.128 e. The van der Waals surface area contributed by atoms with Crippen LogP contribution >= 0.6 is 0 Å². The zero-order chi connectivity index (χ0) is 15.1. The number of ether oxygens (including phenoxy) is 1. The number of hydrogen-bond donors (Lipinski definition) is 1. The van der Waals surface area contributed by atoms with Gasteiger partial charge < -0.3 is 10.5 Å². The van der Waals surface area contributed by atoms with E-state index in [1.54, 1.807) is 6.07 Å². The fraction of sp³-hybridized carbons (Fsp3) is 0.625. The molecule has 0 aliphatic heterocycles. The second kappa shape index (κ2) is 8.35. The molecular formula is C16H27FN2O. The molecule has 1 aromatic rings. The lowest BCUT2D eigenvalue weighted by Crippen LogP contribution is -2.40. The number of likely N-dealkylation sites (N-methyl/N-ethyl adjacent to an activating group) is 1. The third kappa shape index (κ3) is 4.85. The summed E-state index contributed by atoms with van der Waals surface area (Å²) in [6.07, 6.45) is 1.00. The van der Waals surface area contributed by atoms with Crippen molar-refractivity contribution >= 4 is 0 Å². The van der Waals surface area contributed by atoms with Gasteiger partial charge in [0.2, 0.25) is 0 Å². The second-order valence-electron chi connectivity index (χ2n) is 5.44. The number of benzene rings is 1. The Bertz CT molecular complexity index is 398. The van der Waals surface area contributed by atoms with Gasteiger partial charge in [-0.3, -0.25) is 4.90 Å². The van der Waals surface area contributed by atoms with E-state index in [2.05, 4.69) is 4.90 Å². The van der Waals surface area contributed by atoms with Crippen LogP contribution in [0.15, 0.2) is 24.3 Å². The van der Waals surface area contributed by atoms with Crippen LogP contribution in [-0.4, -0.2) is 37.2 Å². The maximum Gasteiger partial charge on any atom is 0.128 e. The minimum atomic E-state index is -0.196. The molecule has 1 rings (SSSR count). The van der Waals surface area contributed by atoms with Crippen LogP contribution in [0.5, 0.6) is 0 Å². The Hall–Kier alpha value is -0.970. The maximum atomic E-state index is 14.0. The first-order valence-corrected chi connectivity index (χ1v) is 7.29. The van der Waals surface area contributed by atoms with Crippen molar-refractivity contribution in [3.8, 4) is 0 Å². The largest absolute Gasteiger partial charge is 0.377 e. The molecule has 0 aliphatic carbocycles. The molecule has 0 aromatic heterocycles. The second-order valence-corrected chi connectivity index (χ2v) is 5.44. The zero-order valence-electron chi connectivity index (χ0n) is 13.0. The van der Waals surface area contributed by atoms with Crippen molar-refractivity contribution in [1.82, 2.24) is 4.90 Å². The molecule has 3 nitrogen and oxygen atoms in total. The summed E-state index contributed by atoms with van der Waals surface area (Å²) in [5, 5.41) is 0. The lowest BCUT2D eigenvalue weighted by molar-refractivity contribution is 0.0522. The fourth-order valence-corrected chi connectivity index (χ4v) is 2.30. The monoisotopic (exact) mass is 282 g/mol. The minimum Gasteiger partial charge on any atom is -0.377 e. The molecule has 0 radical (unpaired) electrons. The van der Waals surface area contributed by atoms with Gasteiger partial charge in [0.25, 0.3) is 0 Å². The summed E-state index contributed by atoms with van der Waals surface area (Å²) in [6.45, 7) is 7.38. The predicted molar refractivity (Wildman–Crippen MR) is 81.1 cm³/mol. The molecule has 0 bridgehead atoms. The van der Waals surface area contributed by atoms with E-state index < -0.39 is 0 Å². The van der Waals surface area contributed by atoms with Crippen molar-refractivity contribution in [3.05, 3.63) is 35.6 Å². The van der Waals surface area contributed by atoms with Gasteiger partial charge in [-0.2, -0.15) is 0 Å². The van der Waals surface area contributed by atoms with Gasteiger partial charge in [-0.05, 0) is 33.4 Å². The molecular weight excluding hydrogens is 255 g/mol. The zero-order valence-corrected chi connectivity index (χ0v) is 13.0. The van der Waals surface area contributed by atoms with E-state index in [1.807, 2.05) is 40.0 Å². The third-order valence-electron chi connectivity index (χ3n) is 3.47. The van der Waals surface area contributed by atoms with Crippen LogP contribution in [-0.2, 0) is 4.74 Å². The molecule has 0 aliphatic rings. The lowest BCUT2D eigenvalue weighted by Gasteiger charge is -2.33. The van der Waals surface area contributed by atoms with Gasteiger partial charge in [0, 0.05) is 18.2 Å². The molecule has 114 valence electrons. The Balaban J connectivity index is 2.82. The first-order valence-electron chi connectivity index (χ1n) is 7.29. The number of rotatable bonds is 8. The molecule has 0 amide bonds. The van der Waals surface area contributed by atoms with Crippen LogP contribution in [0.2, 0.25) is 0 Å². The summed E-state index contributed by atoms with van der Waals surface area (Å²) in [5.41, 5.74) is 6.86. The molecule has 0 fully saturated rings. The number of nitrogens with zero attached hydrogens (tertiary/aromatic N) is 1. The lowest BCUT2D eigenvalue weighted by atomic mass is 9.96. The molecule has 0 spiro atoms. The molecule has 4 heteroatoms. The molecule has 2 N–H and O–H groups in total. The standard InChI is InChI=1S/C16H27FN2O/c1-5-15(18)16(13-8-6-7-9-14(13)17)19(4)10-11-20-12(2)3/h6-9,12,15-16H,5,10-11,18H2,1-4H3. The van der Waals surface area contributed by atoms with Crippen molar-refractivity contribution in [3.63, 3.8) is 0 Å². The summed E-state index contributed by atoms with van der Waals surface area (Å²) in [4.78, 5) is 2.08. The average molecular weight is 282 g/mol. The highest BCUT2D eigenvalue weighted by Crippen LogP contribution is 2.26. The van der Waals surface area contributed by atoms with Gasteiger partial charge in [-0.25, -0.2) is 4.39 Å². The minimum absolute atomic E-state index is 0.101. The molecule has 2 unspecified atom stereocenters. The summed E-state index contributed by atoms with van der Waals surface area (Å²) >= 11 is 0. The first kappa shape index (κ1) is 17.1. The van der Waals surface area contributed by atoms with Crippen molar-refractivity contribution in [2.45, 2.75) is 45.4 Å². The number of halogens is 1. The van der Waals surface area contributed by atoms with E-state index >= 15 is 0 Å². The Morgan fingerprint density at radius 3 is 2.50 bits per heavy atom. The van der Waals surface area contributed by atoms with E-state index in [1.165, 1.54) is 6.07 Å². The van der Waals surface area contributed by atoms with Gasteiger partial charge in [0.15, 0.2) is 0 Å². The van der Waals surface area contributed by atoms with Gasteiger partial charge in [-0.1, -0.05) is 25.1 Å². The number of nitrogens with two attached hydrogens (primary N) is 1. The van der Waals surface area contributed by atoms with Gasteiger partial charge in [0.05, 0.1) is 18.8 Å². The van der Waals surface area contributed by atoms with E-state index in [4.69, 9.17) is 10.5 Å². The number of hydrogen-bond acceptors (Lipinski definition) is 3. The summed E-state index contributed by atoms with van der Waals surface area (Å²) in [5.74, 6) is -0.196. The van der Waals surface area contributed by atoms with Crippen molar-refractivity contribution in [1.29, 1.82) is 0 Å². The highest BCUT2D eigenvalue weighted by Gasteiger charge is 2.25. The third-order valence-corrected chi connectivity index (χ3v) is 3.47. The van der Waals surface area contributed by atoms with Gasteiger partial charge >= 0.3 is 0 Å². The summed E-state index contributed by atoms with van der Waals surface area (Å²) in [6, 6.07) is 6.63. The Morgan fingerprint density at radius 1 is 1.30 bits per heavy atom. The topological polar surface area (TPSA) is 38.5 Å². The van der Waals surface area contributed by atoms with Crippen LogP contribution in [0.1, 0.15) is 38.8 Å². The highest BCUT2D eigenvalue weighted by atomic mass is 19.1. The molecule has 1 aromatic carbocycles. The van der Waals surface area contributed by atoms with Crippen molar-refractivity contribution in [2.24, 2.45) is 5.73 Å². The molecule has 20 heavy (non-hydrogen) atoms. The van der Waals surface area contributed by atoms with E-state index in [-0.39, 0.29) is 24.0 Å². The van der Waals surface area contributed by atoms with Gasteiger partial charge in [0.1, 0.15) is 5.82 Å². The molecule has 0 saturated carbocycles. The highest BCUT2D eigenvalue weighted by molar-refractivity contribution is 5.22. The molecule has 2 atom stereocenters. The Morgan fingerprint density at radius 2 is 1.95 bits per heavy atom. The summed E-state index contributed by atoms with van der Waals surface area (Å²) < 4.78 is 19.6. The van der Waals surface area contributed by atoms with Crippen LogP contribution < -0.4 is 5.73 Å². The SMILES string of the molecule is CCC(N)C(c1ccccc1F)N(C)CCOC(C)C. The first-order chi connectivity index (χ1) is 9.47. The van der Waals surface area contributed by atoms with Crippen molar-refractivity contribution in [2.75, 3.05) is 20.2 Å². The van der Waals surface area contributed by atoms with Crippen LogP contribution in [0, 0.1) is 5.82 Å². The summed E-state index contributed by atoms with van der Waals surface area (Å²) in [7, 11) is 1.97. The Kier molecular flexibility index (Phi) is 7.13. The maximum absolute atomic E-state index is 14.0.